The van der Waals surface area contributed by atoms with Gasteiger partial charge in [-0.3, -0.25) is 0 Å². The van der Waals surface area contributed by atoms with Crippen LogP contribution in [0.1, 0.15) is 11.1 Å². The first kappa shape index (κ1) is 29.0. The van der Waals surface area contributed by atoms with Crippen LogP contribution in [0.2, 0.25) is 0 Å². The predicted molar refractivity (Wildman–Crippen MR) is 199 cm³/mol. The summed E-state index contributed by atoms with van der Waals surface area (Å²) in [6.45, 7) is 0. The first-order valence-corrected chi connectivity index (χ1v) is 18.0. The lowest BCUT2D eigenvalue weighted by Gasteiger charge is -2.35. The van der Waals surface area contributed by atoms with Gasteiger partial charge in [0.05, 0.1) is 22.2 Å². The Morgan fingerprint density at radius 3 is 1.31 bits per heavy atom. The standard InChI is InChI=1S/C44H29N3Si/c45-30-40-37(32-24-26-33(27-25-32)47-42-22-12-10-20-38(42)39-21-11-13-23-43(39)47)28-29-44(41(40)31-46)48(34-14-4-1-5-15-34,35-16-6-2-7-17-35)36-18-8-3-9-19-36/h1-29H. The summed E-state index contributed by atoms with van der Waals surface area (Å²) in [6.07, 6.45) is 0. The Kier molecular flexibility index (Phi) is 7.27. The van der Waals surface area contributed by atoms with Gasteiger partial charge in [0.25, 0.3) is 0 Å². The van der Waals surface area contributed by atoms with Gasteiger partial charge in [-0.05, 0) is 50.6 Å². The topological polar surface area (TPSA) is 52.5 Å². The number of fused-ring (bicyclic) bond motifs is 3. The second-order valence-electron chi connectivity index (χ2n) is 11.9. The average Bonchev–Trinajstić information content (AvgIpc) is 3.50. The molecule has 0 spiro atoms. The van der Waals surface area contributed by atoms with E-state index in [9.17, 15) is 10.5 Å². The average molecular weight is 628 g/mol. The molecule has 0 saturated carbocycles. The van der Waals surface area contributed by atoms with E-state index in [1.807, 2.05) is 24.3 Å². The van der Waals surface area contributed by atoms with Crippen LogP contribution in [0.3, 0.4) is 0 Å². The van der Waals surface area contributed by atoms with Crippen molar-refractivity contribution in [1.29, 1.82) is 10.5 Å². The van der Waals surface area contributed by atoms with Crippen LogP contribution < -0.4 is 20.7 Å². The maximum atomic E-state index is 10.9. The van der Waals surface area contributed by atoms with Crippen molar-refractivity contribution in [3.63, 3.8) is 0 Å². The van der Waals surface area contributed by atoms with Gasteiger partial charge in [-0.1, -0.05) is 152 Å². The van der Waals surface area contributed by atoms with Gasteiger partial charge in [-0.2, -0.15) is 10.5 Å². The fourth-order valence-electron chi connectivity index (χ4n) is 7.41. The third-order valence-electron chi connectivity index (χ3n) is 9.47. The van der Waals surface area contributed by atoms with Gasteiger partial charge in [0.15, 0.2) is 8.07 Å². The molecule has 48 heavy (non-hydrogen) atoms. The number of nitriles is 2. The van der Waals surface area contributed by atoms with E-state index in [1.165, 1.54) is 10.8 Å². The van der Waals surface area contributed by atoms with Gasteiger partial charge in [-0.25, -0.2) is 0 Å². The molecule has 1 heterocycles. The SMILES string of the molecule is N#Cc1c(-c2ccc(-n3c4ccccc4c4ccccc43)cc2)ccc([Si](c2ccccc2)(c2ccccc2)c2ccccc2)c1C#N. The Morgan fingerprint density at radius 1 is 0.417 bits per heavy atom. The second kappa shape index (κ2) is 12.0. The number of hydrogen-bond acceptors (Lipinski definition) is 2. The third kappa shape index (κ3) is 4.48. The van der Waals surface area contributed by atoms with Crippen molar-refractivity contribution < 1.29 is 0 Å². The van der Waals surface area contributed by atoms with Crippen molar-refractivity contribution in [2.45, 2.75) is 0 Å². The summed E-state index contributed by atoms with van der Waals surface area (Å²) >= 11 is 0. The molecule has 3 nitrogen and oxygen atoms in total. The molecule has 8 rings (SSSR count). The minimum absolute atomic E-state index is 0.402. The third-order valence-corrected chi connectivity index (χ3v) is 14.3. The molecule has 8 aromatic rings. The fourth-order valence-corrected chi connectivity index (χ4v) is 12.3. The molecule has 7 aromatic carbocycles. The Hall–Kier alpha value is -6.46. The minimum atomic E-state index is -3.01. The minimum Gasteiger partial charge on any atom is -0.309 e. The molecule has 0 unspecified atom stereocenters. The molecular weight excluding hydrogens is 599 g/mol. The van der Waals surface area contributed by atoms with Crippen molar-refractivity contribution in [3.05, 3.63) is 187 Å². The zero-order chi connectivity index (χ0) is 32.5. The first-order valence-electron chi connectivity index (χ1n) is 16.0. The van der Waals surface area contributed by atoms with Gasteiger partial charge in [0, 0.05) is 22.0 Å². The summed E-state index contributed by atoms with van der Waals surface area (Å²) in [7, 11) is -3.01. The van der Waals surface area contributed by atoms with E-state index in [0.29, 0.717) is 11.1 Å². The maximum Gasteiger partial charge on any atom is 0.181 e. The monoisotopic (exact) mass is 627 g/mol. The first-order chi connectivity index (χ1) is 23.8. The van der Waals surface area contributed by atoms with Crippen molar-refractivity contribution in [2.75, 3.05) is 0 Å². The van der Waals surface area contributed by atoms with Crippen LogP contribution >= 0.6 is 0 Å². The van der Waals surface area contributed by atoms with E-state index in [-0.39, 0.29) is 0 Å². The van der Waals surface area contributed by atoms with Crippen LogP contribution in [0.15, 0.2) is 176 Å². The summed E-state index contributed by atoms with van der Waals surface area (Å²) < 4.78 is 2.28. The van der Waals surface area contributed by atoms with Crippen molar-refractivity contribution in [2.24, 2.45) is 0 Å². The van der Waals surface area contributed by atoms with E-state index in [2.05, 4.69) is 168 Å². The number of rotatable bonds is 6. The highest BCUT2D eigenvalue weighted by Gasteiger charge is 2.43. The number of aromatic nitrogens is 1. The van der Waals surface area contributed by atoms with E-state index in [1.54, 1.807) is 0 Å². The number of hydrogen-bond donors (Lipinski definition) is 0. The molecule has 0 bridgehead atoms. The highest BCUT2D eigenvalue weighted by atomic mass is 28.3. The Labute approximate surface area is 280 Å². The van der Waals surface area contributed by atoms with E-state index >= 15 is 0 Å². The fraction of sp³-hybridized carbons (Fsp3) is 0. The molecule has 0 aliphatic heterocycles. The Balaban J connectivity index is 1.34. The smallest absolute Gasteiger partial charge is 0.181 e. The summed E-state index contributed by atoms with van der Waals surface area (Å²) in [5, 5.41) is 28.4. The zero-order valence-corrected chi connectivity index (χ0v) is 27.1. The van der Waals surface area contributed by atoms with Crippen LogP contribution in [-0.4, -0.2) is 12.6 Å². The number of nitrogens with zero attached hydrogens (tertiary/aromatic N) is 3. The largest absolute Gasteiger partial charge is 0.309 e. The van der Waals surface area contributed by atoms with Crippen molar-refractivity contribution in [1.82, 2.24) is 4.57 Å². The molecule has 224 valence electrons. The molecule has 0 aliphatic carbocycles. The van der Waals surface area contributed by atoms with E-state index in [0.717, 1.165) is 48.6 Å². The van der Waals surface area contributed by atoms with Crippen LogP contribution in [0.4, 0.5) is 0 Å². The van der Waals surface area contributed by atoms with E-state index in [4.69, 9.17) is 0 Å². The summed E-state index contributed by atoms with van der Waals surface area (Å²) in [5.41, 5.74) is 5.81. The molecule has 0 aliphatic rings. The van der Waals surface area contributed by atoms with Gasteiger partial charge >= 0.3 is 0 Å². The Morgan fingerprint density at radius 2 is 0.854 bits per heavy atom. The quantitative estimate of drug-likeness (QED) is 0.141. The molecule has 1 aromatic heterocycles. The predicted octanol–water partition coefficient (Wildman–Crippen LogP) is 7.57. The second-order valence-corrected chi connectivity index (χ2v) is 15.7. The van der Waals surface area contributed by atoms with Crippen LogP contribution in [-0.2, 0) is 0 Å². The molecule has 0 amide bonds. The van der Waals surface area contributed by atoms with E-state index < -0.39 is 8.07 Å². The molecule has 0 radical (unpaired) electrons. The molecule has 0 N–H and O–H groups in total. The zero-order valence-electron chi connectivity index (χ0n) is 26.1. The molecular formula is C44H29N3Si. The molecule has 0 saturated heterocycles. The number of para-hydroxylation sites is 2. The highest BCUT2D eigenvalue weighted by Crippen LogP contribution is 2.33. The van der Waals surface area contributed by atoms with Gasteiger partial charge in [0.2, 0.25) is 0 Å². The van der Waals surface area contributed by atoms with Crippen molar-refractivity contribution in [3.8, 4) is 29.0 Å². The van der Waals surface area contributed by atoms with Gasteiger partial charge < -0.3 is 4.57 Å². The van der Waals surface area contributed by atoms with Crippen LogP contribution in [0, 0.1) is 22.7 Å². The summed E-state index contributed by atoms with van der Waals surface area (Å²) in [4.78, 5) is 0. The Bertz CT molecular complexity index is 2350. The normalized spacial score (nSPS) is 11.3. The van der Waals surface area contributed by atoms with Gasteiger partial charge in [-0.15, -0.1) is 0 Å². The number of benzene rings is 7. The lowest BCUT2D eigenvalue weighted by Crippen LogP contribution is -2.75. The molecule has 0 fully saturated rings. The maximum absolute atomic E-state index is 10.9. The lowest BCUT2D eigenvalue weighted by atomic mass is 9.96. The molecule has 4 heteroatoms. The lowest BCUT2D eigenvalue weighted by molar-refractivity contribution is 1.18. The summed E-state index contributed by atoms with van der Waals surface area (Å²) in [5.74, 6) is 0. The molecule has 0 atom stereocenters. The van der Waals surface area contributed by atoms with Crippen LogP contribution in [0.25, 0.3) is 38.6 Å². The van der Waals surface area contributed by atoms with Crippen molar-refractivity contribution >= 4 is 50.6 Å². The highest BCUT2D eigenvalue weighted by molar-refractivity contribution is 7.20. The summed E-state index contributed by atoms with van der Waals surface area (Å²) in [6, 6.07) is 65.8. The van der Waals surface area contributed by atoms with Crippen LogP contribution in [0.5, 0.6) is 0 Å². The van der Waals surface area contributed by atoms with Gasteiger partial charge in [0.1, 0.15) is 12.1 Å².